The van der Waals surface area contributed by atoms with Crippen LogP contribution in [0.3, 0.4) is 0 Å². The van der Waals surface area contributed by atoms with Gasteiger partial charge in [-0.05, 0) is 38.7 Å². The Labute approximate surface area is 148 Å². The molecule has 2 aromatic carbocycles. The summed E-state index contributed by atoms with van der Waals surface area (Å²) in [5.74, 6) is -0.367. The molecule has 5 nitrogen and oxygen atoms in total. The summed E-state index contributed by atoms with van der Waals surface area (Å²) >= 11 is 0. The molecule has 1 N–H and O–H groups in total. The van der Waals surface area contributed by atoms with Crippen molar-refractivity contribution < 1.29 is 14.3 Å². The van der Waals surface area contributed by atoms with Crippen LogP contribution in [-0.4, -0.2) is 44.3 Å². The SMILES string of the molecule is COc1cccc(C(CNC(=O)C(=O)c2ccc(C)cc2)N(C)C)c1. The largest absolute Gasteiger partial charge is 0.497 e. The van der Waals surface area contributed by atoms with Crippen LogP contribution in [0.5, 0.6) is 5.75 Å². The number of rotatable bonds is 7. The van der Waals surface area contributed by atoms with Crippen LogP contribution in [0.4, 0.5) is 0 Å². The van der Waals surface area contributed by atoms with Crippen molar-refractivity contribution in [2.24, 2.45) is 0 Å². The lowest BCUT2D eigenvalue weighted by Crippen LogP contribution is -2.38. The number of benzene rings is 2. The molecule has 0 fully saturated rings. The molecule has 0 saturated carbocycles. The summed E-state index contributed by atoms with van der Waals surface area (Å²) in [6, 6.07) is 14.6. The summed E-state index contributed by atoms with van der Waals surface area (Å²) in [5.41, 5.74) is 2.45. The van der Waals surface area contributed by atoms with Gasteiger partial charge >= 0.3 is 0 Å². The molecule has 0 spiro atoms. The minimum atomic E-state index is -0.599. The molecule has 1 atom stereocenters. The first-order valence-corrected chi connectivity index (χ1v) is 8.12. The third-order valence-corrected chi connectivity index (χ3v) is 4.08. The van der Waals surface area contributed by atoms with Crippen molar-refractivity contribution in [1.82, 2.24) is 10.2 Å². The fraction of sp³-hybridized carbons (Fsp3) is 0.300. The zero-order valence-electron chi connectivity index (χ0n) is 15.1. The van der Waals surface area contributed by atoms with Gasteiger partial charge in [0.15, 0.2) is 0 Å². The number of carbonyl (C=O) groups excluding carboxylic acids is 2. The maximum absolute atomic E-state index is 12.2. The molecule has 0 aliphatic heterocycles. The number of hydrogen-bond acceptors (Lipinski definition) is 4. The second-order valence-electron chi connectivity index (χ2n) is 6.16. The summed E-state index contributed by atoms with van der Waals surface area (Å²) in [6.45, 7) is 2.26. The molecule has 0 heterocycles. The molecule has 2 aromatic rings. The summed E-state index contributed by atoms with van der Waals surface area (Å²) in [7, 11) is 5.47. The second kappa shape index (κ2) is 8.44. The first-order valence-electron chi connectivity index (χ1n) is 8.12. The van der Waals surface area contributed by atoms with Gasteiger partial charge in [0, 0.05) is 12.1 Å². The van der Waals surface area contributed by atoms with Crippen molar-refractivity contribution in [3.63, 3.8) is 0 Å². The van der Waals surface area contributed by atoms with Gasteiger partial charge in [-0.3, -0.25) is 9.59 Å². The number of likely N-dealkylation sites (N-methyl/N-ethyl adjacent to an activating group) is 1. The minimum Gasteiger partial charge on any atom is -0.497 e. The highest BCUT2D eigenvalue weighted by molar-refractivity contribution is 6.42. The van der Waals surface area contributed by atoms with E-state index in [9.17, 15) is 9.59 Å². The monoisotopic (exact) mass is 340 g/mol. The number of aryl methyl sites for hydroxylation is 1. The maximum Gasteiger partial charge on any atom is 0.292 e. The lowest BCUT2D eigenvalue weighted by Gasteiger charge is -2.25. The smallest absolute Gasteiger partial charge is 0.292 e. The number of methoxy groups -OCH3 is 1. The lowest BCUT2D eigenvalue weighted by atomic mass is 10.0. The van der Waals surface area contributed by atoms with Crippen molar-refractivity contribution in [2.75, 3.05) is 27.7 Å². The van der Waals surface area contributed by atoms with E-state index in [1.807, 2.05) is 62.3 Å². The van der Waals surface area contributed by atoms with E-state index >= 15 is 0 Å². The lowest BCUT2D eigenvalue weighted by molar-refractivity contribution is -0.117. The van der Waals surface area contributed by atoms with Crippen molar-refractivity contribution in [2.45, 2.75) is 13.0 Å². The van der Waals surface area contributed by atoms with Gasteiger partial charge < -0.3 is 15.0 Å². The number of ether oxygens (including phenoxy) is 1. The number of carbonyl (C=O) groups is 2. The fourth-order valence-electron chi connectivity index (χ4n) is 2.55. The maximum atomic E-state index is 12.2. The highest BCUT2D eigenvalue weighted by Crippen LogP contribution is 2.22. The van der Waals surface area contributed by atoms with E-state index in [-0.39, 0.29) is 6.04 Å². The Morgan fingerprint density at radius 3 is 2.40 bits per heavy atom. The molecule has 0 saturated heterocycles. The molecule has 1 amide bonds. The van der Waals surface area contributed by atoms with E-state index in [1.165, 1.54) is 0 Å². The second-order valence-corrected chi connectivity index (χ2v) is 6.16. The normalized spacial score (nSPS) is 11.9. The molecule has 0 aliphatic carbocycles. The van der Waals surface area contributed by atoms with E-state index in [0.29, 0.717) is 12.1 Å². The Morgan fingerprint density at radius 1 is 1.12 bits per heavy atom. The Balaban J connectivity index is 2.06. The van der Waals surface area contributed by atoms with Crippen LogP contribution in [0, 0.1) is 6.92 Å². The molecule has 0 bridgehead atoms. The van der Waals surface area contributed by atoms with Crippen molar-refractivity contribution in [3.8, 4) is 5.75 Å². The summed E-state index contributed by atoms with van der Waals surface area (Å²) in [6.07, 6.45) is 0. The number of nitrogens with zero attached hydrogens (tertiary/aromatic N) is 1. The van der Waals surface area contributed by atoms with Crippen LogP contribution in [-0.2, 0) is 4.79 Å². The molecule has 132 valence electrons. The van der Waals surface area contributed by atoms with Crippen molar-refractivity contribution >= 4 is 11.7 Å². The van der Waals surface area contributed by atoms with Crippen LogP contribution in [0.2, 0.25) is 0 Å². The third-order valence-electron chi connectivity index (χ3n) is 4.08. The zero-order valence-corrected chi connectivity index (χ0v) is 15.1. The molecule has 0 aliphatic rings. The molecule has 2 rings (SSSR count). The van der Waals surface area contributed by atoms with Crippen LogP contribution in [0.25, 0.3) is 0 Å². The average molecular weight is 340 g/mol. The number of Topliss-reactive ketones (excluding diaryl/α,β-unsaturated/α-hetero) is 1. The van der Waals surface area contributed by atoms with Crippen LogP contribution in [0.15, 0.2) is 48.5 Å². The van der Waals surface area contributed by atoms with Gasteiger partial charge in [-0.25, -0.2) is 0 Å². The number of hydrogen-bond donors (Lipinski definition) is 1. The Bertz CT molecular complexity index is 739. The standard InChI is InChI=1S/C20H24N2O3/c1-14-8-10-15(11-9-14)19(23)20(24)21-13-18(22(2)3)16-6-5-7-17(12-16)25-4/h5-12,18H,13H2,1-4H3,(H,21,24). The first kappa shape index (κ1) is 18.7. The van der Waals surface area contributed by atoms with Gasteiger partial charge in [0.1, 0.15) is 5.75 Å². The predicted octanol–water partition coefficient (Wildman–Crippen LogP) is 2.61. The van der Waals surface area contributed by atoms with Gasteiger partial charge in [-0.1, -0.05) is 42.0 Å². The molecule has 1 unspecified atom stereocenters. The van der Waals surface area contributed by atoms with Crippen molar-refractivity contribution in [1.29, 1.82) is 0 Å². The van der Waals surface area contributed by atoms with Crippen molar-refractivity contribution in [3.05, 3.63) is 65.2 Å². The topological polar surface area (TPSA) is 58.6 Å². The van der Waals surface area contributed by atoms with Gasteiger partial charge in [-0.2, -0.15) is 0 Å². The predicted molar refractivity (Wildman–Crippen MR) is 97.9 cm³/mol. The molecular formula is C20H24N2O3. The summed E-state index contributed by atoms with van der Waals surface area (Å²) < 4.78 is 5.26. The minimum absolute atomic E-state index is 0.0649. The summed E-state index contributed by atoms with van der Waals surface area (Å²) in [5, 5.41) is 2.74. The average Bonchev–Trinajstić information content (AvgIpc) is 2.61. The molecule has 5 heteroatoms. The Kier molecular flexibility index (Phi) is 6.31. The third kappa shape index (κ3) is 4.90. The van der Waals surface area contributed by atoms with Gasteiger partial charge in [0.25, 0.3) is 5.91 Å². The highest BCUT2D eigenvalue weighted by atomic mass is 16.5. The van der Waals surface area contributed by atoms with E-state index < -0.39 is 11.7 Å². The number of nitrogens with one attached hydrogen (secondary N) is 1. The van der Waals surface area contributed by atoms with Crippen LogP contribution < -0.4 is 10.1 Å². The van der Waals surface area contributed by atoms with E-state index in [0.717, 1.165) is 16.9 Å². The Morgan fingerprint density at radius 2 is 1.80 bits per heavy atom. The highest BCUT2D eigenvalue weighted by Gasteiger charge is 2.20. The zero-order chi connectivity index (χ0) is 18.4. The van der Waals surface area contributed by atoms with E-state index in [1.54, 1.807) is 19.2 Å². The summed E-state index contributed by atoms with van der Waals surface area (Å²) in [4.78, 5) is 26.4. The quantitative estimate of drug-likeness (QED) is 0.622. The van der Waals surface area contributed by atoms with Gasteiger partial charge in [0.2, 0.25) is 5.78 Å². The van der Waals surface area contributed by atoms with Gasteiger partial charge in [0.05, 0.1) is 13.2 Å². The Hall–Kier alpha value is -2.66. The fourth-order valence-corrected chi connectivity index (χ4v) is 2.55. The molecule has 0 aromatic heterocycles. The number of amides is 1. The molecule has 0 radical (unpaired) electrons. The van der Waals surface area contributed by atoms with E-state index in [4.69, 9.17) is 4.74 Å². The van der Waals surface area contributed by atoms with Gasteiger partial charge in [-0.15, -0.1) is 0 Å². The molecular weight excluding hydrogens is 316 g/mol. The molecule has 25 heavy (non-hydrogen) atoms. The van der Waals surface area contributed by atoms with Crippen LogP contribution >= 0.6 is 0 Å². The van der Waals surface area contributed by atoms with E-state index in [2.05, 4.69) is 5.32 Å². The number of ketones is 1. The van der Waals surface area contributed by atoms with Crippen LogP contribution in [0.1, 0.15) is 27.5 Å². The first-order chi connectivity index (χ1) is 11.9.